The molecule has 4 rings (SSSR count). The van der Waals surface area contributed by atoms with E-state index in [2.05, 4.69) is 25.8 Å². The van der Waals surface area contributed by atoms with Crippen molar-refractivity contribution in [1.29, 1.82) is 0 Å². The van der Waals surface area contributed by atoms with Crippen LogP contribution >= 0.6 is 11.6 Å². The number of nitrogen functional groups attached to an aromatic ring is 1. The number of nitrogens with zero attached hydrogens (tertiary/aromatic N) is 4. The number of piperazine rings is 1. The maximum Gasteiger partial charge on any atom is 0.248 e. The summed E-state index contributed by atoms with van der Waals surface area (Å²) in [6.45, 7) is 3.27. The predicted molar refractivity (Wildman–Crippen MR) is 115 cm³/mol. The Labute approximate surface area is 174 Å². The molecule has 7 nitrogen and oxygen atoms in total. The topological polar surface area (TPSA) is 76.7 Å². The van der Waals surface area contributed by atoms with Crippen molar-refractivity contribution in [2.24, 2.45) is 0 Å². The third-order valence-corrected chi connectivity index (χ3v) is 5.09. The maximum atomic E-state index is 6.34. The smallest absolute Gasteiger partial charge is 0.248 e. The van der Waals surface area contributed by atoms with Gasteiger partial charge >= 0.3 is 0 Å². The highest BCUT2D eigenvalue weighted by Gasteiger charge is 2.22. The van der Waals surface area contributed by atoms with Gasteiger partial charge in [0.2, 0.25) is 5.88 Å². The minimum atomic E-state index is 0.345. The summed E-state index contributed by atoms with van der Waals surface area (Å²) in [5, 5.41) is 0.741. The third kappa shape index (κ3) is 4.30. The standard InChI is InChI=1S/C21H22ClN5O2/c1-28-17-5-7-18(8-6-17)29-21-19(23)20(24-14-25-21)27-11-9-26(10-12-27)16-4-2-3-15(22)13-16/h2-8,13-14H,9-12,23H2,1H3. The van der Waals surface area contributed by atoms with E-state index in [-0.39, 0.29) is 0 Å². The Balaban J connectivity index is 1.46. The van der Waals surface area contributed by atoms with Gasteiger partial charge in [0.15, 0.2) is 5.82 Å². The lowest BCUT2D eigenvalue weighted by molar-refractivity contribution is 0.412. The Hall–Kier alpha value is -3.19. The van der Waals surface area contributed by atoms with Crippen LogP contribution in [0, 0.1) is 0 Å². The molecule has 0 saturated carbocycles. The molecule has 150 valence electrons. The van der Waals surface area contributed by atoms with E-state index in [9.17, 15) is 0 Å². The Bertz CT molecular complexity index is 975. The van der Waals surface area contributed by atoms with Gasteiger partial charge in [-0.3, -0.25) is 0 Å². The molecular weight excluding hydrogens is 390 g/mol. The predicted octanol–water partition coefficient (Wildman–Crippen LogP) is 3.84. The summed E-state index contributed by atoms with van der Waals surface area (Å²) in [6.07, 6.45) is 1.48. The number of rotatable bonds is 5. The molecule has 0 atom stereocenters. The Morgan fingerprint density at radius 2 is 1.62 bits per heavy atom. The minimum Gasteiger partial charge on any atom is -0.497 e. The van der Waals surface area contributed by atoms with E-state index in [0.29, 0.717) is 23.1 Å². The number of aromatic nitrogens is 2. The molecule has 3 aromatic rings. The quantitative estimate of drug-likeness (QED) is 0.683. The molecule has 2 heterocycles. The molecule has 8 heteroatoms. The van der Waals surface area contributed by atoms with Gasteiger partial charge in [0.05, 0.1) is 7.11 Å². The van der Waals surface area contributed by atoms with Gasteiger partial charge in [-0.2, -0.15) is 4.98 Å². The Morgan fingerprint density at radius 1 is 0.931 bits per heavy atom. The molecule has 1 fully saturated rings. The summed E-state index contributed by atoms with van der Waals surface area (Å²) in [4.78, 5) is 13.0. The van der Waals surface area contributed by atoms with E-state index in [1.807, 2.05) is 42.5 Å². The Morgan fingerprint density at radius 3 is 2.31 bits per heavy atom. The summed E-state index contributed by atoms with van der Waals surface area (Å²) in [6, 6.07) is 15.2. The molecule has 1 aromatic heterocycles. The lowest BCUT2D eigenvalue weighted by atomic mass is 10.2. The summed E-state index contributed by atoms with van der Waals surface area (Å²) < 4.78 is 11.0. The molecule has 1 aliphatic heterocycles. The molecule has 1 aliphatic rings. The number of anilines is 3. The summed E-state index contributed by atoms with van der Waals surface area (Å²) in [5.41, 5.74) is 7.89. The largest absolute Gasteiger partial charge is 0.497 e. The van der Waals surface area contributed by atoms with E-state index in [1.54, 1.807) is 7.11 Å². The average molecular weight is 412 g/mol. The van der Waals surface area contributed by atoms with Gasteiger partial charge < -0.3 is 25.0 Å². The van der Waals surface area contributed by atoms with E-state index >= 15 is 0 Å². The van der Waals surface area contributed by atoms with Crippen LogP contribution in [0.2, 0.25) is 5.02 Å². The number of nitrogens with two attached hydrogens (primary N) is 1. The zero-order valence-corrected chi connectivity index (χ0v) is 16.8. The van der Waals surface area contributed by atoms with E-state index in [4.69, 9.17) is 26.8 Å². The molecule has 2 aromatic carbocycles. The van der Waals surface area contributed by atoms with Crippen molar-refractivity contribution in [3.63, 3.8) is 0 Å². The molecule has 0 amide bonds. The Kier molecular flexibility index (Phi) is 5.57. The van der Waals surface area contributed by atoms with E-state index < -0.39 is 0 Å². The maximum absolute atomic E-state index is 6.34. The third-order valence-electron chi connectivity index (χ3n) is 4.85. The highest BCUT2D eigenvalue weighted by atomic mass is 35.5. The summed E-state index contributed by atoms with van der Waals surface area (Å²) in [7, 11) is 1.62. The fraction of sp³-hybridized carbons (Fsp3) is 0.238. The van der Waals surface area contributed by atoms with Gasteiger partial charge in [-0.05, 0) is 42.5 Å². The van der Waals surface area contributed by atoms with E-state index in [0.717, 1.165) is 42.6 Å². The van der Waals surface area contributed by atoms with Gasteiger partial charge in [0.1, 0.15) is 23.5 Å². The number of halogens is 1. The van der Waals surface area contributed by atoms with Crippen LogP contribution in [0.4, 0.5) is 17.2 Å². The lowest BCUT2D eigenvalue weighted by Gasteiger charge is -2.37. The molecule has 1 saturated heterocycles. The zero-order valence-electron chi connectivity index (χ0n) is 16.1. The average Bonchev–Trinajstić information content (AvgIpc) is 2.76. The van der Waals surface area contributed by atoms with Crippen LogP contribution in [-0.4, -0.2) is 43.3 Å². The number of benzene rings is 2. The second-order valence-electron chi connectivity index (χ2n) is 6.65. The second-order valence-corrected chi connectivity index (χ2v) is 7.08. The van der Waals surface area contributed by atoms with Crippen LogP contribution in [0.25, 0.3) is 0 Å². The van der Waals surface area contributed by atoms with Crippen LogP contribution in [0.1, 0.15) is 0 Å². The number of methoxy groups -OCH3 is 1. The van der Waals surface area contributed by atoms with Crippen LogP contribution < -0.4 is 25.0 Å². The molecule has 0 spiro atoms. The first-order valence-corrected chi connectivity index (χ1v) is 9.69. The van der Waals surface area contributed by atoms with Crippen molar-refractivity contribution >= 4 is 28.8 Å². The summed E-state index contributed by atoms with van der Waals surface area (Å²) >= 11 is 6.12. The number of ether oxygens (including phenoxy) is 2. The highest BCUT2D eigenvalue weighted by Crippen LogP contribution is 2.33. The number of hydrogen-bond acceptors (Lipinski definition) is 7. The fourth-order valence-corrected chi connectivity index (χ4v) is 3.49. The molecule has 2 N–H and O–H groups in total. The van der Waals surface area contributed by atoms with Crippen molar-refractivity contribution in [3.8, 4) is 17.4 Å². The minimum absolute atomic E-state index is 0.345. The van der Waals surface area contributed by atoms with Crippen molar-refractivity contribution in [2.75, 3.05) is 48.8 Å². The van der Waals surface area contributed by atoms with Gasteiger partial charge in [-0.1, -0.05) is 17.7 Å². The van der Waals surface area contributed by atoms with Crippen LogP contribution in [0.15, 0.2) is 54.9 Å². The SMILES string of the molecule is COc1ccc(Oc2ncnc(N3CCN(c4cccc(Cl)c4)CC3)c2N)cc1. The molecule has 0 unspecified atom stereocenters. The zero-order chi connectivity index (χ0) is 20.2. The first kappa shape index (κ1) is 19.1. The van der Waals surface area contributed by atoms with Gasteiger partial charge in [-0.25, -0.2) is 4.98 Å². The molecule has 29 heavy (non-hydrogen) atoms. The van der Waals surface area contributed by atoms with Crippen molar-refractivity contribution < 1.29 is 9.47 Å². The van der Waals surface area contributed by atoms with Crippen LogP contribution in [0.3, 0.4) is 0 Å². The van der Waals surface area contributed by atoms with Gasteiger partial charge in [-0.15, -0.1) is 0 Å². The molecular formula is C21H22ClN5O2. The van der Waals surface area contributed by atoms with Crippen molar-refractivity contribution in [1.82, 2.24) is 9.97 Å². The van der Waals surface area contributed by atoms with Gasteiger partial charge in [0, 0.05) is 36.9 Å². The highest BCUT2D eigenvalue weighted by molar-refractivity contribution is 6.30. The van der Waals surface area contributed by atoms with Crippen LogP contribution in [0.5, 0.6) is 17.4 Å². The van der Waals surface area contributed by atoms with E-state index in [1.165, 1.54) is 6.33 Å². The monoisotopic (exact) mass is 411 g/mol. The summed E-state index contributed by atoms with van der Waals surface area (Å²) in [5.74, 6) is 2.42. The van der Waals surface area contributed by atoms with Gasteiger partial charge in [0.25, 0.3) is 0 Å². The molecule has 0 aliphatic carbocycles. The second kappa shape index (κ2) is 8.45. The lowest BCUT2D eigenvalue weighted by Crippen LogP contribution is -2.47. The van der Waals surface area contributed by atoms with Crippen LogP contribution in [-0.2, 0) is 0 Å². The fourth-order valence-electron chi connectivity index (χ4n) is 3.31. The van der Waals surface area contributed by atoms with Crippen molar-refractivity contribution in [3.05, 3.63) is 59.9 Å². The molecule has 0 bridgehead atoms. The first-order chi connectivity index (χ1) is 14.1. The van der Waals surface area contributed by atoms with Crippen molar-refractivity contribution in [2.45, 2.75) is 0 Å². The first-order valence-electron chi connectivity index (χ1n) is 9.32. The molecule has 0 radical (unpaired) electrons. The number of hydrogen-bond donors (Lipinski definition) is 1. The normalized spacial score (nSPS) is 14.0.